The molecule has 1 N–H and O–H groups in total. The second kappa shape index (κ2) is 4.37. The molecule has 90 valence electrons. The SMILES string of the molecule is [CH][N+]1(C(=O)C(C)(C)CS)CCCC1C(=O)O. The Morgan fingerprint density at radius 2 is 2.12 bits per heavy atom. The molecule has 2 atom stereocenters. The van der Waals surface area contributed by atoms with Crippen molar-refractivity contribution in [3.8, 4) is 0 Å². The zero-order chi connectivity index (χ0) is 12.6. The summed E-state index contributed by atoms with van der Waals surface area (Å²) in [7, 11) is 5.98. The highest BCUT2D eigenvalue weighted by molar-refractivity contribution is 7.80. The summed E-state index contributed by atoms with van der Waals surface area (Å²) in [6.07, 6.45) is 1.13. The van der Waals surface area contributed by atoms with Crippen molar-refractivity contribution >= 4 is 24.5 Å². The van der Waals surface area contributed by atoms with Crippen LogP contribution in [0.15, 0.2) is 0 Å². The van der Waals surface area contributed by atoms with Crippen LogP contribution in [0.2, 0.25) is 0 Å². The third-order valence-electron chi connectivity index (χ3n) is 3.20. The maximum atomic E-state index is 12.3. The number of hydrogen-bond donors (Lipinski definition) is 2. The van der Waals surface area contributed by atoms with Gasteiger partial charge in [0.25, 0.3) is 0 Å². The van der Waals surface area contributed by atoms with E-state index < -0.39 is 21.9 Å². The molecule has 1 rings (SSSR count). The Hall–Kier alpha value is -0.550. The third kappa shape index (κ3) is 2.11. The van der Waals surface area contributed by atoms with Crippen molar-refractivity contribution in [2.75, 3.05) is 12.3 Å². The predicted molar refractivity (Wildman–Crippen MR) is 62.7 cm³/mol. The van der Waals surface area contributed by atoms with Crippen molar-refractivity contribution in [3.63, 3.8) is 0 Å². The molecular formula is C11H18NO3S+. The summed E-state index contributed by atoms with van der Waals surface area (Å²) in [6.45, 7) is 3.88. The van der Waals surface area contributed by atoms with Gasteiger partial charge in [0.15, 0.2) is 6.04 Å². The summed E-state index contributed by atoms with van der Waals surface area (Å²) in [6, 6.07) is -0.813. The van der Waals surface area contributed by atoms with Gasteiger partial charge in [-0.15, -0.1) is 0 Å². The van der Waals surface area contributed by atoms with Gasteiger partial charge in [0, 0.05) is 18.6 Å². The molecule has 1 heterocycles. The number of quaternary nitrogens is 1. The number of likely N-dealkylation sites (tertiary alicyclic amines) is 1. The molecule has 1 aliphatic rings. The molecule has 4 nitrogen and oxygen atoms in total. The van der Waals surface area contributed by atoms with Crippen molar-refractivity contribution in [1.82, 2.24) is 0 Å². The average molecular weight is 244 g/mol. The molecule has 0 aromatic carbocycles. The Balaban J connectivity index is 3.01. The summed E-state index contributed by atoms with van der Waals surface area (Å²) >= 11 is 4.12. The number of thiol groups is 1. The lowest BCUT2D eigenvalue weighted by atomic mass is 9.92. The summed E-state index contributed by atoms with van der Waals surface area (Å²) in [5.41, 5.74) is -0.699. The molecule has 0 bridgehead atoms. The van der Waals surface area contributed by atoms with Crippen molar-refractivity contribution in [3.05, 3.63) is 7.05 Å². The number of rotatable bonds is 3. The number of carboxylic acid groups (broad SMARTS) is 1. The maximum absolute atomic E-state index is 12.3. The van der Waals surface area contributed by atoms with E-state index >= 15 is 0 Å². The van der Waals surface area contributed by atoms with Crippen LogP contribution < -0.4 is 0 Å². The highest BCUT2D eigenvalue weighted by Crippen LogP contribution is 2.33. The number of carbonyl (C=O) groups is 2. The van der Waals surface area contributed by atoms with Crippen LogP contribution in [0.1, 0.15) is 26.7 Å². The predicted octanol–water partition coefficient (Wildman–Crippen LogP) is 1.20. The molecule has 1 aliphatic heterocycles. The van der Waals surface area contributed by atoms with E-state index in [1.165, 1.54) is 0 Å². The Kier molecular flexibility index (Phi) is 3.69. The van der Waals surface area contributed by atoms with Gasteiger partial charge in [-0.05, 0) is 13.8 Å². The largest absolute Gasteiger partial charge is 0.477 e. The highest BCUT2D eigenvalue weighted by atomic mass is 32.1. The number of nitrogens with zero attached hydrogens (tertiary/aromatic N) is 1. The maximum Gasteiger partial charge on any atom is 0.363 e. The highest BCUT2D eigenvalue weighted by Gasteiger charge is 2.53. The minimum absolute atomic E-state index is 0.243. The molecule has 2 unspecified atom stereocenters. The molecule has 0 spiro atoms. The first-order valence-corrected chi connectivity index (χ1v) is 5.94. The Morgan fingerprint density at radius 3 is 2.56 bits per heavy atom. The molecule has 1 saturated heterocycles. The fourth-order valence-corrected chi connectivity index (χ4v) is 2.26. The molecule has 0 saturated carbocycles. The van der Waals surface area contributed by atoms with Crippen LogP contribution >= 0.6 is 12.6 Å². The lowest BCUT2D eigenvalue weighted by Crippen LogP contribution is -2.58. The van der Waals surface area contributed by atoms with Gasteiger partial charge in [0.2, 0.25) is 7.05 Å². The van der Waals surface area contributed by atoms with E-state index in [1.54, 1.807) is 13.8 Å². The molecule has 1 fully saturated rings. The van der Waals surface area contributed by atoms with Crippen molar-refractivity contribution in [2.24, 2.45) is 5.41 Å². The van der Waals surface area contributed by atoms with Gasteiger partial charge in [-0.25, -0.2) is 14.1 Å². The van der Waals surface area contributed by atoms with Crippen LogP contribution in [-0.4, -0.2) is 39.8 Å². The second-order valence-corrected chi connectivity index (χ2v) is 5.31. The molecule has 0 aliphatic carbocycles. The van der Waals surface area contributed by atoms with E-state index in [4.69, 9.17) is 12.2 Å². The monoisotopic (exact) mass is 244 g/mol. The number of carbonyl (C=O) groups excluding carboxylic acids is 1. The second-order valence-electron chi connectivity index (χ2n) is 5.00. The molecule has 0 aromatic rings. The van der Waals surface area contributed by atoms with Gasteiger partial charge in [0.1, 0.15) is 0 Å². The number of hydrogen-bond acceptors (Lipinski definition) is 3. The minimum atomic E-state index is -0.997. The van der Waals surface area contributed by atoms with E-state index in [1.807, 2.05) is 0 Å². The van der Waals surface area contributed by atoms with Gasteiger partial charge >= 0.3 is 11.9 Å². The van der Waals surface area contributed by atoms with Crippen LogP contribution in [0.25, 0.3) is 0 Å². The standard InChI is InChI=1S/C11H18NO3S/c1-11(2,7-16)10(15)12(3)6-4-5-8(12)9(13)14/h3,8,16H,4-7H2,1-2H3,(H,13,14)/q+1. The first-order chi connectivity index (χ1) is 7.25. The van der Waals surface area contributed by atoms with E-state index in [2.05, 4.69) is 12.6 Å². The quantitative estimate of drug-likeness (QED) is 0.579. The molecule has 0 aromatic heterocycles. The summed E-state index contributed by atoms with van der Waals surface area (Å²) in [5, 5.41) is 9.07. The topological polar surface area (TPSA) is 54.4 Å². The third-order valence-corrected chi connectivity index (χ3v) is 3.99. The van der Waals surface area contributed by atoms with Crippen LogP contribution in [-0.2, 0) is 9.59 Å². The van der Waals surface area contributed by atoms with Gasteiger partial charge < -0.3 is 5.11 Å². The number of carboxylic acids is 1. The number of amides is 1. The first-order valence-electron chi connectivity index (χ1n) is 5.30. The van der Waals surface area contributed by atoms with Crippen molar-refractivity contribution in [1.29, 1.82) is 0 Å². The lowest BCUT2D eigenvalue weighted by molar-refractivity contribution is -0.816. The molecule has 1 amide bonds. The molecule has 5 heteroatoms. The Morgan fingerprint density at radius 1 is 1.56 bits per heavy atom. The molecule has 16 heavy (non-hydrogen) atoms. The van der Waals surface area contributed by atoms with Crippen molar-refractivity contribution in [2.45, 2.75) is 32.7 Å². The molecular weight excluding hydrogens is 226 g/mol. The van der Waals surface area contributed by atoms with Crippen LogP contribution in [0.5, 0.6) is 0 Å². The normalized spacial score (nSPS) is 30.4. The fraction of sp³-hybridized carbons (Fsp3) is 0.727. The lowest BCUT2D eigenvalue weighted by Gasteiger charge is -2.35. The zero-order valence-corrected chi connectivity index (χ0v) is 10.5. The van der Waals surface area contributed by atoms with E-state index in [9.17, 15) is 9.59 Å². The van der Waals surface area contributed by atoms with Crippen LogP contribution in [0.4, 0.5) is 0 Å². The summed E-state index contributed by atoms with van der Waals surface area (Å²) in [5.74, 6) is -0.884. The average Bonchev–Trinajstić information content (AvgIpc) is 2.60. The molecule has 2 radical (unpaired) electrons. The van der Waals surface area contributed by atoms with Crippen LogP contribution in [0, 0.1) is 12.5 Å². The van der Waals surface area contributed by atoms with Crippen LogP contribution in [0.3, 0.4) is 0 Å². The van der Waals surface area contributed by atoms with Gasteiger partial charge in [0.05, 0.1) is 12.0 Å². The first kappa shape index (κ1) is 13.5. The van der Waals surface area contributed by atoms with E-state index in [0.29, 0.717) is 25.1 Å². The fourth-order valence-electron chi connectivity index (χ4n) is 2.13. The Labute approximate surface area is 102 Å². The van der Waals surface area contributed by atoms with Gasteiger partial charge in [-0.1, -0.05) is 0 Å². The summed E-state index contributed by atoms with van der Waals surface area (Å²) < 4.78 is -0.483. The van der Waals surface area contributed by atoms with E-state index in [0.717, 1.165) is 0 Å². The Bertz CT molecular complexity index is 316. The van der Waals surface area contributed by atoms with Gasteiger partial charge in [-0.3, -0.25) is 0 Å². The summed E-state index contributed by atoms with van der Waals surface area (Å²) in [4.78, 5) is 23.3. The van der Waals surface area contributed by atoms with Gasteiger partial charge in [-0.2, -0.15) is 12.6 Å². The number of aliphatic carboxylic acids is 1. The minimum Gasteiger partial charge on any atom is -0.477 e. The zero-order valence-electron chi connectivity index (χ0n) is 9.64. The van der Waals surface area contributed by atoms with E-state index in [-0.39, 0.29) is 5.91 Å². The van der Waals surface area contributed by atoms with Crippen molar-refractivity contribution < 1.29 is 19.2 Å². The smallest absolute Gasteiger partial charge is 0.363 e.